The zero-order valence-electron chi connectivity index (χ0n) is 10.6. The van der Waals surface area contributed by atoms with Crippen LogP contribution in [-0.2, 0) is 6.54 Å². The molecule has 0 aromatic heterocycles. The summed E-state index contributed by atoms with van der Waals surface area (Å²) >= 11 is 0. The van der Waals surface area contributed by atoms with E-state index >= 15 is 0 Å². The molecule has 2 fully saturated rings. The average molecular weight is 244 g/mol. The van der Waals surface area contributed by atoms with Gasteiger partial charge in [-0.2, -0.15) is 0 Å². The molecule has 2 aliphatic rings. The molecule has 3 rings (SSSR count). The Morgan fingerprint density at radius 2 is 1.72 bits per heavy atom. The number of carbonyl (C=O) groups is 1. The van der Waals surface area contributed by atoms with Crippen molar-refractivity contribution in [3.63, 3.8) is 0 Å². The van der Waals surface area contributed by atoms with E-state index in [-0.39, 0.29) is 5.91 Å². The molecule has 3 heteroatoms. The van der Waals surface area contributed by atoms with E-state index in [4.69, 9.17) is 5.73 Å². The lowest BCUT2D eigenvalue weighted by Crippen LogP contribution is -2.38. The van der Waals surface area contributed by atoms with Gasteiger partial charge in [0, 0.05) is 18.2 Å². The maximum absolute atomic E-state index is 12.2. The predicted molar refractivity (Wildman–Crippen MR) is 71.0 cm³/mol. The maximum atomic E-state index is 12.2. The second-order valence-corrected chi connectivity index (χ2v) is 5.58. The smallest absolute Gasteiger partial charge is 0.251 e. The van der Waals surface area contributed by atoms with E-state index in [1.165, 1.54) is 25.7 Å². The van der Waals surface area contributed by atoms with Crippen molar-refractivity contribution in [1.82, 2.24) is 5.32 Å². The number of carbonyl (C=O) groups excluding carboxylic acids is 1. The van der Waals surface area contributed by atoms with E-state index in [1.807, 2.05) is 24.3 Å². The van der Waals surface area contributed by atoms with Crippen LogP contribution < -0.4 is 11.1 Å². The van der Waals surface area contributed by atoms with Crippen LogP contribution in [0.25, 0.3) is 0 Å². The first kappa shape index (κ1) is 11.7. The van der Waals surface area contributed by atoms with Gasteiger partial charge in [0.25, 0.3) is 5.91 Å². The third-order valence-corrected chi connectivity index (χ3v) is 4.01. The number of hydrogen-bond acceptors (Lipinski definition) is 2. The van der Waals surface area contributed by atoms with Crippen LogP contribution in [0.3, 0.4) is 0 Å². The van der Waals surface area contributed by atoms with Crippen molar-refractivity contribution in [3.05, 3.63) is 35.4 Å². The number of hydrogen-bond donors (Lipinski definition) is 2. The number of nitrogens with one attached hydrogen (secondary N) is 1. The first-order valence-electron chi connectivity index (χ1n) is 6.88. The van der Waals surface area contributed by atoms with Crippen LogP contribution in [0.4, 0.5) is 0 Å². The van der Waals surface area contributed by atoms with Gasteiger partial charge in [-0.1, -0.05) is 12.1 Å². The third kappa shape index (κ3) is 2.56. The Bertz CT molecular complexity index is 420. The van der Waals surface area contributed by atoms with Gasteiger partial charge in [0.15, 0.2) is 0 Å². The molecule has 0 saturated heterocycles. The summed E-state index contributed by atoms with van der Waals surface area (Å²) in [6.45, 7) is 0.522. The molecule has 1 aromatic carbocycles. The van der Waals surface area contributed by atoms with Gasteiger partial charge < -0.3 is 11.1 Å². The number of rotatable bonds is 5. The Balaban J connectivity index is 1.65. The van der Waals surface area contributed by atoms with E-state index in [1.54, 1.807) is 0 Å². The second kappa shape index (κ2) is 4.73. The molecule has 0 heterocycles. The fraction of sp³-hybridized carbons (Fsp3) is 0.533. The van der Waals surface area contributed by atoms with Crippen molar-refractivity contribution < 1.29 is 4.79 Å². The van der Waals surface area contributed by atoms with E-state index in [2.05, 4.69) is 5.32 Å². The Kier molecular flexibility index (Phi) is 3.08. The van der Waals surface area contributed by atoms with E-state index in [0.717, 1.165) is 23.0 Å². The molecule has 2 aliphatic carbocycles. The number of nitrogens with two attached hydrogens (primary N) is 1. The molecule has 0 radical (unpaired) electrons. The third-order valence-electron chi connectivity index (χ3n) is 4.01. The molecule has 1 aromatic rings. The highest BCUT2D eigenvalue weighted by molar-refractivity contribution is 5.94. The summed E-state index contributed by atoms with van der Waals surface area (Å²) in [5, 5.41) is 3.22. The normalized spacial score (nSPS) is 19.0. The van der Waals surface area contributed by atoms with E-state index in [9.17, 15) is 4.79 Å². The van der Waals surface area contributed by atoms with E-state index < -0.39 is 0 Å². The average Bonchev–Trinajstić information content (AvgIpc) is 3.29. The van der Waals surface area contributed by atoms with Crippen molar-refractivity contribution in [3.8, 4) is 0 Å². The van der Waals surface area contributed by atoms with Gasteiger partial charge in [-0.15, -0.1) is 0 Å². The van der Waals surface area contributed by atoms with Crippen LogP contribution in [0.15, 0.2) is 24.3 Å². The van der Waals surface area contributed by atoms with Crippen LogP contribution in [-0.4, -0.2) is 11.9 Å². The minimum absolute atomic E-state index is 0.0716. The number of amides is 1. The van der Waals surface area contributed by atoms with Gasteiger partial charge in [0.05, 0.1) is 0 Å². The summed E-state index contributed by atoms with van der Waals surface area (Å²) in [7, 11) is 0. The summed E-state index contributed by atoms with van der Waals surface area (Å²) in [6, 6.07) is 8.02. The first-order valence-corrected chi connectivity index (χ1v) is 6.88. The van der Waals surface area contributed by atoms with Crippen molar-refractivity contribution in [2.24, 2.45) is 17.6 Å². The monoisotopic (exact) mass is 244 g/mol. The molecule has 3 N–H and O–H groups in total. The fourth-order valence-electron chi connectivity index (χ4n) is 2.56. The summed E-state index contributed by atoms with van der Waals surface area (Å²) in [5.41, 5.74) is 7.36. The molecule has 3 nitrogen and oxygen atoms in total. The van der Waals surface area contributed by atoms with Gasteiger partial charge in [-0.25, -0.2) is 0 Å². The van der Waals surface area contributed by atoms with Crippen molar-refractivity contribution in [2.45, 2.75) is 38.3 Å². The molecule has 2 saturated carbocycles. The minimum atomic E-state index is 0.0716. The molecule has 0 spiro atoms. The molecule has 0 unspecified atom stereocenters. The summed E-state index contributed by atoms with van der Waals surface area (Å²) in [5.74, 6) is 1.55. The quantitative estimate of drug-likeness (QED) is 0.833. The summed E-state index contributed by atoms with van der Waals surface area (Å²) < 4.78 is 0. The highest BCUT2D eigenvalue weighted by atomic mass is 16.1. The Morgan fingerprint density at radius 1 is 1.17 bits per heavy atom. The highest BCUT2D eigenvalue weighted by Crippen LogP contribution is 2.44. The van der Waals surface area contributed by atoms with Crippen LogP contribution in [0.5, 0.6) is 0 Å². The Hall–Kier alpha value is -1.35. The van der Waals surface area contributed by atoms with Gasteiger partial charge in [0.1, 0.15) is 0 Å². The van der Waals surface area contributed by atoms with Crippen LogP contribution >= 0.6 is 0 Å². The molecular formula is C15H20N2O. The lowest BCUT2D eigenvalue weighted by Gasteiger charge is -2.17. The van der Waals surface area contributed by atoms with Crippen LogP contribution in [0, 0.1) is 11.8 Å². The van der Waals surface area contributed by atoms with Gasteiger partial charge in [-0.3, -0.25) is 4.79 Å². The lowest BCUT2D eigenvalue weighted by molar-refractivity contribution is 0.0926. The van der Waals surface area contributed by atoms with Crippen molar-refractivity contribution >= 4 is 5.91 Å². The SMILES string of the molecule is NCc1ccc(C(=O)NC(C2CC2)C2CC2)cc1. The molecular weight excluding hydrogens is 224 g/mol. The predicted octanol–water partition coefficient (Wildman–Crippen LogP) is 2.06. The molecule has 0 bridgehead atoms. The second-order valence-electron chi connectivity index (χ2n) is 5.58. The van der Waals surface area contributed by atoms with E-state index in [0.29, 0.717) is 12.6 Å². The zero-order valence-corrected chi connectivity index (χ0v) is 10.6. The van der Waals surface area contributed by atoms with Crippen LogP contribution in [0.1, 0.15) is 41.6 Å². The zero-order chi connectivity index (χ0) is 12.5. The first-order chi connectivity index (χ1) is 8.78. The molecule has 18 heavy (non-hydrogen) atoms. The van der Waals surface area contributed by atoms with Crippen molar-refractivity contribution in [1.29, 1.82) is 0 Å². The minimum Gasteiger partial charge on any atom is -0.349 e. The van der Waals surface area contributed by atoms with Gasteiger partial charge >= 0.3 is 0 Å². The molecule has 1 amide bonds. The summed E-state index contributed by atoms with van der Waals surface area (Å²) in [6.07, 6.45) is 5.14. The lowest BCUT2D eigenvalue weighted by atomic mass is 10.1. The maximum Gasteiger partial charge on any atom is 0.251 e. The number of benzene rings is 1. The Labute approximate surface area is 108 Å². The fourth-order valence-corrected chi connectivity index (χ4v) is 2.56. The molecule has 96 valence electrons. The Morgan fingerprint density at radius 3 is 2.17 bits per heavy atom. The van der Waals surface area contributed by atoms with Crippen molar-refractivity contribution in [2.75, 3.05) is 0 Å². The largest absolute Gasteiger partial charge is 0.349 e. The standard InChI is InChI=1S/C15H20N2O/c16-9-10-1-3-13(4-2-10)15(18)17-14(11-5-6-11)12-7-8-12/h1-4,11-12,14H,5-9,16H2,(H,17,18). The highest BCUT2D eigenvalue weighted by Gasteiger charge is 2.42. The summed E-state index contributed by atoms with van der Waals surface area (Å²) in [4.78, 5) is 12.2. The van der Waals surface area contributed by atoms with Crippen LogP contribution in [0.2, 0.25) is 0 Å². The molecule has 0 atom stereocenters. The molecule has 0 aliphatic heterocycles. The topological polar surface area (TPSA) is 55.1 Å². The van der Waals surface area contributed by atoms with Gasteiger partial charge in [-0.05, 0) is 55.2 Å². The van der Waals surface area contributed by atoms with Gasteiger partial charge in [0.2, 0.25) is 0 Å².